The first kappa shape index (κ1) is 13.3. The zero-order chi connectivity index (χ0) is 13.1. The lowest BCUT2D eigenvalue weighted by Gasteiger charge is -2.07. The molecule has 0 bridgehead atoms. The molecule has 1 aromatic carbocycles. The Morgan fingerprint density at radius 2 is 2.17 bits per heavy atom. The van der Waals surface area contributed by atoms with Crippen molar-refractivity contribution in [3.8, 4) is 5.75 Å². The van der Waals surface area contributed by atoms with Gasteiger partial charge in [-0.2, -0.15) is 0 Å². The van der Waals surface area contributed by atoms with Gasteiger partial charge in [-0.15, -0.1) is 11.3 Å². The van der Waals surface area contributed by atoms with E-state index in [9.17, 15) is 4.79 Å². The van der Waals surface area contributed by atoms with Gasteiger partial charge in [0.15, 0.2) is 5.78 Å². The minimum atomic E-state index is 0.0844. The number of carbonyl (C=O) groups excluding carboxylic acids is 1. The second kappa shape index (κ2) is 5.67. The van der Waals surface area contributed by atoms with Gasteiger partial charge in [0.25, 0.3) is 0 Å². The lowest BCUT2D eigenvalue weighted by Crippen LogP contribution is -2.05. The maximum absolute atomic E-state index is 12.2. The van der Waals surface area contributed by atoms with Crippen molar-refractivity contribution in [2.24, 2.45) is 0 Å². The van der Waals surface area contributed by atoms with Gasteiger partial charge in [0.1, 0.15) is 5.75 Å². The fraction of sp³-hybridized carbons (Fsp3) is 0.214. The zero-order valence-electron chi connectivity index (χ0n) is 10.2. The molecule has 0 spiro atoms. The highest BCUT2D eigenvalue weighted by Crippen LogP contribution is 2.25. The molecule has 1 aromatic heterocycles. The minimum Gasteiger partial charge on any atom is -0.496 e. The molecule has 0 aliphatic rings. The van der Waals surface area contributed by atoms with Gasteiger partial charge in [0, 0.05) is 21.2 Å². The van der Waals surface area contributed by atoms with Gasteiger partial charge in [0.05, 0.1) is 12.7 Å². The molecule has 0 unspecified atom stereocenters. The van der Waals surface area contributed by atoms with Gasteiger partial charge >= 0.3 is 0 Å². The van der Waals surface area contributed by atoms with Gasteiger partial charge in [-0.25, -0.2) is 0 Å². The maximum atomic E-state index is 12.2. The summed E-state index contributed by atoms with van der Waals surface area (Å²) >= 11 is 4.97. The molecule has 2 aromatic rings. The second-order valence-corrected chi connectivity index (χ2v) is 5.95. The normalized spacial score (nSPS) is 10.4. The predicted octanol–water partition coefficient (Wildman–Crippen LogP) is 4.25. The molecule has 94 valence electrons. The second-order valence-electron chi connectivity index (χ2n) is 4.03. The Balaban J connectivity index is 2.23. The Morgan fingerprint density at radius 1 is 1.39 bits per heavy atom. The number of methoxy groups -OCH3 is 1. The molecule has 0 aliphatic heterocycles. The monoisotopic (exact) mass is 324 g/mol. The highest BCUT2D eigenvalue weighted by Gasteiger charge is 2.13. The molecule has 0 amide bonds. The van der Waals surface area contributed by atoms with Crippen LogP contribution in [-0.2, 0) is 6.42 Å². The zero-order valence-corrected chi connectivity index (χ0v) is 12.6. The Labute approximate surface area is 119 Å². The first-order chi connectivity index (χ1) is 8.60. The number of halogens is 1. The van der Waals surface area contributed by atoms with E-state index in [-0.39, 0.29) is 5.78 Å². The molecular weight excluding hydrogens is 312 g/mol. The predicted molar refractivity (Wildman–Crippen MR) is 77.8 cm³/mol. The molecule has 2 rings (SSSR count). The number of rotatable bonds is 4. The largest absolute Gasteiger partial charge is 0.496 e. The Morgan fingerprint density at radius 3 is 2.78 bits per heavy atom. The van der Waals surface area contributed by atoms with Crippen LogP contribution in [0, 0.1) is 6.92 Å². The quantitative estimate of drug-likeness (QED) is 0.786. The summed E-state index contributed by atoms with van der Waals surface area (Å²) in [6.07, 6.45) is 0.412. The minimum absolute atomic E-state index is 0.0844. The molecule has 0 atom stereocenters. The summed E-state index contributed by atoms with van der Waals surface area (Å²) in [5.41, 5.74) is 1.73. The van der Waals surface area contributed by atoms with Crippen molar-refractivity contribution in [3.63, 3.8) is 0 Å². The van der Waals surface area contributed by atoms with Crippen LogP contribution in [0.15, 0.2) is 34.1 Å². The van der Waals surface area contributed by atoms with Gasteiger partial charge < -0.3 is 4.74 Å². The third-order valence-corrected chi connectivity index (χ3v) is 4.31. The van der Waals surface area contributed by atoms with E-state index in [1.54, 1.807) is 18.4 Å². The summed E-state index contributed by atoms with van der Waals surface area (Å²) in [4.78, 5) is 13.3. The molecule has 0 radical (unpaired) electrons. The molecule has 18 heavy (non-hydrogen) atoms. The number of Topliss-reactive ketones (excluding diaryl/α,β-unsaturated/α-hetero) is 1. The lowest BCUT2D eigenvalue weighted by molar-refractivity contribution is 0.0991. The van der Waals surface area contributed by atoms with Gasteiger partial charge in [-0.1, -0.05) is 6.07 Å². The molecule has 4 heteroatoms. The van der Waals surface area contributed by atoms with E-state index in [1.807, 2.05) is 36.6 Å². The van der Waals surface area contributed by atoms with E-state index in [0.29, 0.717) is 17.7 Å². The van der Waals surface area contributed by atoms with Gasteiger partial charge in [-0.3, -0.25) is 4.79 Å². The van der Waals surface area contributed by atoms with Crippen LogP contribution in [-0.4, -0.2) is 12.9 Å². The average molecular weight is 325 g/mol. The summed E-state index contributed by atoms with van der Waals surface area (Å²) in [5, 5.41) is 1.98. The van der Waals surface area contributed by atoms with E-state index < -0.39 is 0 Å². The SMILES string of the molecule is COc1cc(C)ccc1C(=O)Cc1cc(Br)cs1. The number of thiophene rings is 1. The summed E-state index contributed by atoms with van der Waals surface area (Å²) in [6.45, 7) is 1.98. The van der Waals surface area contributed by atoms with Gasteiger partial charge in [-0.05, 0) is 46.6 Å². The van der Waals surface area contributed by atoms with E-state index >= 15 is 0 Å². The summed E-state index contributed by atoms with van der Waals surface area (Å²) in [6, 6.07) is 7.63. The number of aryl methyl sites for hydroxylation is 1. The number of ketones is 1. The van der Waals surface area contributed by atoms with E-state index in [0.717, 1.165) is 14.9 Å². The van der Waals surface area contributed by atoms with Crippen LogP contribution in [0.4, 0.5) is 0 Å². The van der Waals surface area contributed by atoms with Crippen LogP contribution in [0.3, 0.4) is 0 Å². The molecule has 0 saturated heterocycles. The van der Waals surface area contributed by atoms with Crippen molar-refractivity contribution in [1.82, 2.24) is 0 Å². The molecule has 1 heterocycles. The van der Waals surface area contributed by atoms with Crippen LogP contribution in [0.1, 0.15) is 20.8 Å². The van der Waals surface area contributed by atoms with Crippen LogP contribution >= 0.6 is 27.3 Å². The number of carbonyl (C=O) groups is 1. The summed E-state index contributed by atoms with van der Waals surface area (Å²) in [7, 11) is 1.59. The molecule has 2 nitrogen and oxygen atoms in total. The fourth-order valence-electron chi connectivity index (χ4n) is 1.73. The molecule has 0 aliphatic carbocycles. The molecule has 0 saturated carbocycles. The van der Waals surface area contributed by atoms with E-state index in [1.165, 1.54) is 0 Å². The average Bonchev–Trinajstić information content (AvgIpc) is 2.74. The van der Waals surface area contributed by atoms with Crippen molar-refractivity contribution >= 4 is 33.0 Å². The Kier molecular flexibility index (Phi) is 4.19. The number of hydrogen-bond acceptors (Lipinski definition) is 3. The van der Waals surface area contributed by atoms with Crippen molar-refractivity contribution in [2.75, 3.05) is 7.11 Å². The Bertz CT molecular complexity index is 575. The Hall–Kier alpha value is -1.13. The molecular formula is C14H13BrO2S. The van der Waals surface area contributed by atoms with Crippen LogP contribution in [0.2, 0.25) is 0 Å². The third kappa shape index (κ3) is 3.00. The first-order valence-corrected chi connectivity index (χ1v) is 7.18. The number of ether oxygens (including phenoxy) is 1. The van der Waals surface area contributed by atoms with Crippen molar-refractivity contribution in [3.05, 3.63) is 50.1 Å². The van der Waals surface area contributed by atoms with E-state index in [2.05, 4.69) is 15.9 Å². The fourth-order valence-corrected chi connectivity index (χ4v) is 3.18. The van der Waals surface area contributed by atoms with Crippen LogP contribution < -0.4 is 4.74 Å². The highest BCUT2D eigenvalue weighted by atomic mass is 79.9. The summed E-state index contributed by atoms with van der Waals surface area (Å²) < 4.78 is 6.28. The third-order valence-electron chi connectivity index (χ3n) is 2.61. The summed E-state index contributed by atoms with van der Waals surface area (Å²) in [5.74, 6) is 0.733. The van der Waals surface area contributed by atoms with Crippen molar-refractivity contribution < 1.29 is 9.53 Å². The van der Waals surface area contributed by atoms with Crippen molar-refractivity contribution in [1.29, 1.82) is 0 Å². The molecule has 0 N–H and O–H groups in total. The topological polar surface area (TPSA) is 26.3 Å². The lowest BCUT2D eigenvalue weighted by atomic mass is 10.0. The van der Waals surface area contributed by atoms with Crippen LogP contribution in [0.25, 0.3) is 0 Å². The number of hydrogen-bond donors (Lipinski definition) is 0. The van der Waals surface area contributed by atoms with Crippen molar-refractivity contribution in [2.45, 2.75) is 13.3 Å². The maximum Gasteiger partial charge on any atom is 0.171 e. The molecule has 0 fully saturated rings. The smallest absolute Gasteiger partial charge is 0.171 e. The van der Waals surface area contributed by atoms with E-state index in [4.69, 9.17) is 4.74 Å². The van der Waals surface area contributed by atoms with Crippen LogP contribution in [0.5, 0.6) is 5.75 Å². The standard InChI is InChI=1S/C14H13BrO2S/c1-9-3-4-12(14(5-9)17-2)13(16)7-11-6-10(15)8-18-11/h3-6,8H,7H2,1-2H3. The van der Waals surface area contributed by atoms with Gasteiger partial charge in [0.2, 0.25) is 0 Å². The first-order valence-electron chi connectivity index (χ1n) is 5.51. The highest BCUT2D eigenvalue weighted by molar-refractivity contribution is 9.10. The number of benzene rings is 1.